The Balaban J connectivity index is 1.40. The van der Waals surface area contributed by atoms with Gasteiger partial charge in [0.1, 0.15) is 12.3 Å². The molecule has 8 nitrogen and oxygen atoms in total. The molecule has 0 bridgehead atoms. The predicted octanol–water partition coefficient (Wildman–Crippen LogP) is 4.99. The molecule has 1 aromatic heterocycles. The summed E-state index contributed by atoms with van der Waals surface area (Å²) in [5.41, 5.74) is 5.75. The van der Waals surface area contributed by atoms with Crippen LogP contribution in [-0.2, 0) is 37.0 Å². The fraction of sp³-hybridized carbons (Fsp3) is 0.294. The van der Waals surface area contributed by atoms with Crippen molar-refractivity contribution in [3.8, 4) is 5.75 Å². The van der Waals surface area contributed by atoms with Gasteiger partial charge < -0.3 is 19.6 Å². The molecule has 0 spiro atoms. The fourth-order valence-corrected chi connectivity index (χ4v) is 5.39. The third kappa shape index (κ3) is 7.32. The standard InChI is InChI=1S/C34H36N4O4/c1-42-29-15-7-11-26(21-29)16-17-31-30(22-35-34(36-31)38-20-18-27-13-5-6-14-28(27)23-38)33(41)37(24-32(39)40)19-8-12-25-9-3-2-4-10-25/h2-7,9-11,13-15,21-22H,8,12,16-20,23-24H2,1H3,(H,39,40). The minimum absolute atomic E-state index is 0.319. The Hall–Kier alpha value is -4.72. The third-order valence-corrected chi connectivity index (χ3v) is 7.63. The topological polar surface area (TPSA) is 95.9 Å². The van der Waals surface area contributed by atoms with E-state index in [0.29, 0.717) is 49.6 Å². The van der Waals surface area contributed by atoms with Crippen LogP contribution in [0, 0.1) is 0 Å². The molecule has 0 atom stereocenters. The van der Waals surface area contributed by atoms with E-state index in [1.54, 1.807) is 13.3 Å². The van der Waals surface area contributed by atoms with E-state index in [-0.39, 0.29) is 12.5 Å². The summed E-state index contributed by atoms with van der Waals surface area (Å²) in [5, 5.41) is 9.62. The van der Waals surface area contributed by atoms with Gasteiger partial charge in [-0.2, -0.15) is 0 Å². The van der Waals surface area contributed by atoms with Gasteiger partial charge in [0.2, 0.25) is 5.95 Å². The molecule has 0 saturated carbocycles. The summed E-state index contributed by atoms with van der Waals surface area (Å²) in [5.74, 6) is -0.0621. The second-order valence-electron chi connectivity index (χ2n) is 10.5. The number of carbonyl (C=O) groups is 2. The van der Waals surface area contributed by atoms with Gasteiger partial charge >= 0.3 is 5.97 Å². The molecule has 0 unspecified atom stereocenters. The minimum atomic E-state index is -1.05. The molecule has 0 radical (unpaired) electrons. The molecule has 1 amide bonds. The maximum atomic E-state index is 13.9. The van der Waals surface area contributed by atoms with Gasteiger partial charge in [0.05, 0.1) is 18.4 Å². The molecule has 0 saturated heterocycles. The lowest BCUT2D eigenvalue weighted by molar-refractivity contribution is -0.137. The molecule has 8 heteroatoms. The monoisotopic (exact) mass is 564 g/mol. The second-order valence-corrected chi connectivity index (χ2v) is 10.5. The number of methoxy groups -OCH3 is 1. The van der Waals surface area contributed by atoms with Crippen LogP contribution in [0.4, 0.5) is 5.95 Å². The zero-order valence-electron chi connectivity index (χ0n) is 23.9. The predicted molar refractivity (Wildman–Crippen MR) is 162 cm³/mol. The Morgan fingerprint density at radius 2 is 1.69 bits per heavy atom. The maximum absolute atomic E-state index is 13.9. The minimum Gasteiger partial charge on any atom is -0.497 e. The number of aliphatic carboxylic acids is 1. The highest BCUT2D eigenvalue weighted by Crippen LogP contribution is 2.24. The summed E-state index contributed by atoms with van der Waals surface area (Å²) in [6, 6.07) is 26.2. The number of amides is 1. The van der Waals surface area contributed by atoms with Crippen LogP contribution in [0.2, 0.25) is 0 Å². The van der Waals surface area contributed by atoms with Crippen LogP contribution in [0.1, 0.15) is 44.7 Å². The fourth-order valence-electron chi connectivity index (χ4n) is 5.39. The van der Waals surface area contributed by atoms with Crippen molar-refractivity contribution >= 4 is 17.8 Å². The van der Waals surface area contributed by atoms with Crippen LogP contribution in [0.5, 0.6) is 5.75 Å². The molecule has 216 valence electrons. The van der Waals surface area contributed by atoms with Crippen LogP contribution in [-0.4, -0.2) is 58.6 Å². The molecule has 1 N–H and O–H groups in total. The van der Waals surface area contributed by atoms with Crippen molar-refractivity contribution in [1.82, 2.24) is 14.9 Å². The Kier molecular flexibility index (Phi) is 9.44. The number of nitrogens with zero attached hydrogens (tertiary/aromatic N) is 4. The molecule has 0 fully saturated rings. The number of carbonyl (C=O) groups excluding carboxylic acids is 1. The number of fused-ring (bicyclic) bond motifs is 1. The number of benzene rings is 3. The molecule has 5 rings (SSSR count). The van der Waals surface area contributed by atoms with E-state index in [9.17, 15) is 14.7 Å². The van der Waals surface area contributed by atoms with Crippen LogP contribution in [0.15, 0.2) is 85.1 Å². The van der Waals surface area contributed by atoms with Crippen LogP contribution >= 0.6 is 0 Å². The van der Waals surface area contributed by atoms with E-state index >= 15 is 0 Å². The number of ether oxygens (including phenoxy) is 1. The van der Waals surface area contributed by atoms with Crippen molar-refractivity contribution < 1.29 is 19.4 Å². The number of hydrogen-bond acceptors (Lipinski definition) is 6. The first-order valence-corrected chi connectivity index (χ1v) is 14.4. The summed E-state index contributed by atoms with van der Waals surface area (Å²) in [4.78, 5) is 38.7. The third-order valence-electron chi connectivity index (χ3n) is 7.63. The lowest BCUT2D eigenvalue weighted by Gasteiger charge is -2.29. The Labute approximate surface area is 246 Å². The average molecular weight is 565 g/mol. The molecule has 0 aliphatic carbocycles. The van der Waals surface area contributed by atoms with Gasteiger partial charge in [-0.1, -0.05) is 66.7 Å². The van der Waals surface area contributed by atoms with Crippen molar-refractivity contribution in [3.05, 3.63) is 119 Å². The SMILES string of the molecule is COc1cccc(CCc2nc(N3CCc4ccccc4C3)ncc2C(=O)N(CCCc2ccccc2)CC(=O)O)c1. The highest BCUT2D eigenvalue weighted by molar-refractivity contribution is 5.96. The smallest absolute Gasteiger partial charge is 0.323 e. The van der Waals surface area contributed by atoms with Gasteiger partial charge in [-0.3, -0.25) is 9.59 Å². The first-order valence-electron chi connectivity index (χ1n) is 14.4. The first kappa shape index (κ1) is 28.8. The van der Waals surface area contributed by atoms with Crippen molar-refractivity contribution in [2.24, 2.45) is 0 Å². The highest BCUT2D eigenvalue weighted by atomic mass is 16.5. The summed E-state index contributed by atoms with van der Waals surface area (Å²) in [7, 11) is 1.64. The van der Waals surface area contributed by atoms with Gasteiger partial charge in [0, 0.05) is 25.8 Å². The molecular weight excluding hydrogens is 528 g/mol. The Morgan fingerprint density at radius 3 is 2.48 bits per heavy atom. The van der Waals surface area contributed by atoms with E-state index in [0.717, 1.165) is 36.3 Å². The van der Waals surface area contributed by atoms with E-state index in [4.69, 9.17) is 9.72 Å². The maximum Gasteiger partial charge on any atom is 0.323 e. The quantitative estimate of drug-likeness (QED) is 0.259. The van der Waals surface area contributed by atoms with Crippen LogP contribution in [0.3, 0.4) is 0 Å². The number of aryl methyl sites for hydroxylation is 3. The van der Waals surface area contributed by atoms with Gasteiger partial charge in [-0.15, -0.1) is 0 Å². The molecule has 42 heavy (non-hydrogen) atoms. The molecular formula is C34H36N4O4. The number of anilines is 1. The Morgan fingerprint density at radius 1 is 0.929 bits per heavy atom. The van der Waals surface area contributed by atoms with Crippen molar-refractivity contribution in [2.45, 2.75) is 38.6 Å². The summed E-state index contributed by atoms with van der Waals surface area (Å²) in [6.45, 7) is 1.42. The molecule has 2 heterocycles. The van der Waals surface area contributed by atoms with Gasteiger partial charge in [-0.05, 0) is 66.5 Å². The van der Waals surface area contributed by atoms with Gasteiger partial charge in [0.25, 0.3) is 5.91 Å². The number of rotatable bonds is 12. The van der Waals surface area contributed by atoms with Crippen molar-refractivity contribution in [3.63, 3.8) is 0 Å². The van der Waals surface area contributed by atoms with Crippen molar-refractivity contribution in [1.29, 1.82) is 0 Å². The van der Waals surface area contributed by atoms with Gasteiger partial charge in [0.15, 0.2) is 0 Å². The largest absolute Gasteiger partial charge is 0.497 e. The summed E-state index contributed by atoms with van der Waals surface area (Å²) < 4.78 is 5.39. The number of carboxylic acid groups (broad SMARTS) is 1. The van der Waals surface area contributed by atoms with Gasteiger partial charge in [-0.25, -0.2) is 9.97 Å². The molecule has 4 aromatic rings. The number of carboxylic acids is 1. The summed E-state index contributed by atoms with van der Waals surface area (Å²) >= 11 is 0. The molecule has 3 aromatic carbocycles. The lowest BCUT2D eigenvalue weighted by Crippen LogP contribution is -2.38. The zero-order chi connectivity index (χ0) is 29.3. The highest BCUT2D eigenvalue weighted by Gasteiger charge is 2.25. The summed E-state index contributed by atoms with van der Waals surface area (Å²) in [6.07, 6.45) is 5.02. The number of hydrogen-bond donors (Lipinski definition) is 1. The molecule has 1 aliphatic rings. The van der Waals surface area contributed by atoms with E-state index in [1.165, 1.54) is 16.0 Å². The first-order chi connectivity index (χ1) is 20.5. The normalized spacial score (nSPS) is 12.5. The van der Waals surface area contributed by atoms with E-state index in [1.807, 2.05) is 60.7 Å². The number of aromatic nitrogens is 2. The van der Waals surface area contributed by atoms with E-state index in [2.05, 4.69) is 28.1 Å². The van der Waals surface area contributed by atoms with Crippen LogP contribution in [0.25, 0.3) is 0 Å². The Bertz CT molecular complexity index is 1530. The average Bonchev–Trinajstić information content (AvgIpc) is 3.03. The second kappa shape index (κ2) is 13.8. The molecule has 1 aliphatic heterocycles. The van der Waals surface area contributed by atoms with Crippen molar-refractivity contribution in [2.75, 3.05) is 31.6 Å². The van der Waals surface area contributed by atoms with Crippen LogP contribution < -0.4 is 9.64 Å². The zero-order valence-corrected chi connectivity index (χ0v) is 23.9. The van der Waals surface area contributed by atoms with E-state index < -0.39 is 5.97 Å². The lowest BCUT2D eigenvalue weighted by atomic mass is 10.0.